The Labute approximate surface area is 207 Å². The zero-order valence-corrected chi connectivity index (χ0v) is 21.3. The molecule has 2 aliphatic rings. The molecule has 5 N–H and O–H groups in total. The van der Waals surface area contributed by atoms with Crippen molar-refractivity contribution in [3.05, 3.63) is 81.9 Å². The zero-order chi connectivity index (χ0) is 25.7. The fourth-order valence-corrected chi connectivity index (χ4v) is 5.94. The summed E-state index contributed by atoms with van der Waals surface area (Å²) in [5, 5.41) is 40.3. The third-order valence-electron chi connectivity index (χ3n) is 7.85. The summed E-state index contributed by atoms with van der Waals surface area (Å²) in [6.45, 7) is 14.6. The molecule has 0 saturated heterocycles. The predicted octanol–water partition coefficient (Wildman–Crippen LogP) is 1.95. The lowest BCUT2D eigenvalue weighted by molar-refractivity contribution is -0.991. The van der Waals surface area contributed by atoms with Gasteiger partial charge in [-0.2, -0.15) is 10.5 Å². The highest BCUT2D eigenvalue weighted by molar-refractivity contribution is 5.72. The zero-order valence-electron chi connectivity index (χ0n) is 21.3. The Bertz CT molecular complexity index is 1170. The first-order chi connectivity index (χ1) is 16.4. The van der Waals surface area contributed by atoms with E-state index in [1.165, 1.54) is 4.90 Å². The average Bonchev–Trinajstić information content (AvgIpc) is 3.16. The van der Waals surface area contributed by atoms with Crippen LogP contribution in [-0.2, 0) is 10.8 Å². The highest BCUT2D eigenvalue weighted by Gasteiger charge is 2.48. The Balaban J connectivity index is 1.70. The van der Waals surface area contributed by atoms with Crippen LogP contribution in [0.4, 0.5) is 22.7 Å². The maximum atomic E-state index is 11.6. The molecule has 0 saturated carbocycles. The summed E-state index contributed by atoms with van der Waals surface area (Å²) >= 11 is 0. The van der Waals surface area contributed by atoms with Gasteiger partial charge in [0.15, 0.2) is 11.4 Å². The van der Waals surface area contributed by atoms with E-state index in [4.69, 9.17) is 0 Å². The van der Waals surface area contributed by atoms with Gasteiger partial charge in [0.05, 0.1) is 12.0 Å². The van der Waals surface area contributed by atoms with E-state index in [1.54, 1.807) is 18.2 Å². The lowest BCUT2D eigenvalue weighted by Crippen LogP contribution is -3.10. The molecular formula is C27H37N4O4+. The number of likely N-dealkylation sites (N-methyl/N-ethyl adjacent to an activating group) is 2. The van der Waals surface area contributed by atoms with Crippen LogP contribution in [0.5, 0.6) is 0 Å². The summed E-state index contributed by atoms with van der Waals surface area (Å²) in [5.41, 5.74) is 5.53. The summed E-state index contributed by atoms with van der Waals surface area (Å²) < 4.78 is 0. The van der Waals surface area contributed by atoms with Crippen molar-refractivity contribution in [2.75, 3.05) is 18.0 Å². The van der Waals surface area contributed by atoms with Gasteiger partial charge in [0, 0.05) is 59.2 Å². The van der Waals surface area contributed by atoms with Crippen LogP contribution < -0.4 is 20.3 Å². The molecule has 0 bridgehead atoms. The number of nitrogens with zero attached hydrogens (tertiary/aromatic N) is 1. The molecule has 8 heteroatoms. The van der Waals surface area contributed by atoms with Gasteiger partial charge < -0.3 is 15.3 Å². The monoisotopic (exact) mass is 481 g/mol. The molecule has 2 aromatic rings. The van der Waals surface area contributed by atoms with Crippen LogP contribution in [0.25, 0.3) is 0 Å². The molecular weight excluding hydrogens is 444 g/mol. The lowest BCUT2D eigenvalue weighted by atomic mass is 9.80. The first-order valence-corrected chi connectivity index (χ1v) is 12.2. The van der Waals surface area contributed by atoms with Crippen molar-refractivity contribution in [3.63, 3.8) is 0 Å². The van der Waals surface area contributed by atoms with Gasteiger partial charge in [-0.25, -0.2) is 10.4 Å². The molecule has 4 rings (SSSR count). The Morgan fingerprint density at radius 3 is 2.14 bits per heavy atom. The molecule has 8 nitrogen and oxygen atoms in total. The van der Waals surface area contributed by atoms with Crippen molar-refractivity contribution >= 4 is 22.7 Å². The van der Waals surface area contributed by atoms with E-state index in [-0.39, 0.29) is 16.9 Å². The van der Waals surface area contributed by atoms with Crippen LogP contribution in [0.3, 0.4) is 0 Å². The molecule has 4 unspecified atom stereocenters. The van der Waals surface area contributed by atoms with Crippen LogP contribution in [0.1, 0.15) is 52.7 Å². The molecule has 0 spiro atoms. The minimum atomic E-state index is -0.916. The lowest BCUT2D eigenvalue weighted by Gasteiger charge is -2.27. The minimum absolute atomic E-state index is 0.156. The van der Waals surface area contributed by atoms with E-state index in [2.05, 4.69) is 64.7 Å². The van der Waals surface area contributed by atoms with Crippen LogP contribution >= 0.6 is 0 Å². The fourth-order valence-electron chi connectivity index (χ4n) is 5.94. The van der Waals surface area contributed by atoms with Gasteiger partial charge >= 0.3 is 0 Å². The van der Waals surface area contributed by atoms with Gasteiger partial charge in [0.1, 0.15) is 11.7 Å². The van der Waals surface area contributed by atoms with E-state index in [0.29, 0.717) is 11.4 Å². The number of hydrogen-bond acceptors (Lipinski definition) is 5. The standard InChI is InChI=1S/C27H36N4O4/c1-7-28-22-14-12-18(30(32)33)16-20(22)26(3,4)24(28)10-9-11-25-27(5,6)21-17-19(31(34)35)13-15-23(21)29(25)8-2/h9-17,24,30-32,34H,7-8H2,1-6H3/p+1. The smallest absolute Gasteiger partial charge is 0.164 e. The number of fused-ring (bicyclic) bond motifs is 2. The minimum Gasteiger partial charge on any atom is -0.595 e. The van der Waals surface area contributed by atoms with E-state index < -0.39 is 10.5 Å². The molecule has 0 fully saturated rings. The topological polar surface area (TPSA) is 103 Å². The number of hydrogen-bond donors (Lipinski definition) is 5. The molecule has 4 atom stereocenters. The summed E-state index contributed by atoms with van der Waals surface area (Å²) in [7, 11) is 0. The second-order valence-electron chi connectivity index (χ2n) is 10.5. The first-order valence-electron chi connectivity index (χ1n) is 12.2. The molecule has 35 heavy (non-hydrogen) atoms. The molecule has 0 aromatic heterocycles. The summed E-state index contributed by atoms with van der Waals surface area (Å²) in [4.78, 5) is 3.58. The SMILES string of the molecule is CCN1C(=CC=CC2[NH+](CC)c3ccc([NH+]([O-])O)cc3C2(C)C)C(C)(C)c2cc([NH+]([O-])O)ccc21. The Kier molecular flexibility index (Phi) is 6.67. The second kappa shape index (κ2) is 9.15. The Hall–Kier alpha value is -2.56. The molecule has 2 heterocycles. The van der Waals surface area contributed by atoms with Gasteiger partial charge in [-0.05, 0) is 51.5 Å². The van der Waals surface area contributed by atoms with Crippen LogP contribution in [-0.4, -0.2) is 29.5 Å². The van der Waals surface area contributed by atoms with Crippen molar-refractivity contribution in [1.82, 2.24) is 0 Å². The van der Waals surface area contributed by atoms with Crippen LogP contribution in [0.2, 0.25) is 0 Å². The summed E-state index contributed by atoms with van der Waals surface area (Å²) in [6, 6.07) is 11.0. The van der Waals surface area contributed by atoms with Crippen molar-refractivity contribution in [2.45, 2.75) is 58.4 Å². The molecule has 188 valence electrons. The maximum absolute atomic E-state index is 11.6. The second-order valence-corrected chi connectivity index (χ2v) is 10.5. The van der Waals surface area contributed by atoms with Crippen molar-refractivity contribution in [2.24, 2.45) is 0 Å². The van der Waals surface area contributed by atoms with Gasteiger partial charge in [0.2, 0.25) is 0 Å². The van der Waals surface area contributed by atoms with E-state index in [0.717, 1.165) is 41.3 Å². The number of benzene rings is 2. The van der Waals surface area contributed by atoms with E-state index >= 15 is 0 Å². The van der Waals surface area contributed by atoms with Gasteiger partial charge in [-0.15, -0.1) is 0 Å². The van der Waals surface area contributed by atoms with Crippen molar-refractivity contribution in [3.8, 4) is 0 Å². The maximum Gasteiger partial charge on any atom is 0.164 e. The quantitative estimate of drug-likeness (QED) is 0.406. The van der Waals surface area contributed by atoms with Gasteiger partial charge in [0.25, 0.3) is 0 Å². The fraction of sp³-hybridized carbons (Fsp3) is 0.407. The van der Waals surface area contributed by atoms with Crippen LogP contribution in [0, 0.1) is 10.4 Å². The first kappa shape index (κ1) is 25.5. The Morgan fingerprint density at radius 1 is 0.971 bits per heavy atom. The molecule has 0 amide bonds. The Morgan fingerprint density at radius 2 is 1.57 bits per heavy atom. The van der Waals surface area contributed by atoms with Crippen LogP contribution in [0.15, 0.2) is 60.3 Å². The van der Waals surface area contributed by atoms with E-state index in [1.807, 2.05) is 18.2 Å². The molecule has 2 aliphatic heterocycles. The number of allylic oxidation sites excluding steroid dienone is 3. The molecule has 0 aliphatic carbocycles. The molecule has 0 radical (unpaired) electrons. The number of anilines is 1. The third-order valence-corrected chi connectivity index (χ3v) is 7.85. The molecule has 2 aromatic carbocycles. The number of quaternary nitrogens is 3. The van der Waals surface area contributed by atoms with Gasteiger partial charge in [-0.1, -0.05) is 19.9 Å². The summed E-state index contributed by atoms with van der Waals surface area (Å²) in [6.07, 6.45) is 6.51. The summed E-state index contributed by atoms with van der Waals surface area (Å²) in [5.74, 6) is 0. The van der Waals surface area contributed by atoms with Crippen molar-refractivity contribution < 1.29 is 25.8 Å². The highest BCUT2D eigenvalue weighted by Crippen LogP contribution is 2.48. The van der Waals surface area contributed by atoms with E-state index in [9.17, 15) is 20.8 Å². The normalized spacial score (nSPS) is 25.2. The third kappa shape index (κ3) is 4.11. The van der Waals surface area contributed by atoms with Crippen molar-refractivity contribution in [1.29, 1.82) is 0 Å². The average molecular weight is 482 g/mol. The number of rotatable bonds is 6. The highest BCUT2D eigenvalue weighted by atomic mass is 16.8. The number of nitrogens with one attached hydrogen (secondary N) is 3. The largest absolute Gasteiger partial charge is 0.595 e. The predicted molar refractivity (Wildman–Crippen MR) is 136 cm³/mol. The van der Waals surface area contributed by atoms with Gasteiger partial charge in [-0.3, -0.25) is 4.90 Å².